The number of aryl methyl sites for hydroxylation is 1. The number of aromatic nitrogens is 2. The SMILES string of the molecule is CC.OC(CCc1ccc(Cl)cc1)n1ccnc1. The summed E-state index contributed by atoms with van der Waals surface area (Å²) in [6.45, 7) is 4.00. The molecule has 0 saturated carbocycles. The molecule has 0 fully saturated rings. The zero-order valence-corrected chi connectivity index (χ0v) is 11.5. The van der Waals surface area contributed by atoms with Crippen LogP contribution in [0.25, 0.3) is 0 Å². The molecule has 0 aliphatic rings. The minimum atomic E-state index is -0.516. The fourth-order valence-electron chi connectivity index (χ4n) is 1.54. The number of benzene rings is 1. The van der Waals surface area contributed by atoms with Gasteiger partial charge in [0.05, 0.1) is 6.33 Å². The molecule has 0 aliphatic heterocycles. The Morgan fingerprint density at radius 1 is 1.28 bits per heavy atom. The number of aliphatic hydroxyl groups is 1. The van der Waals surface area contributed by atoms with Gasteiger partial charge in [-0.1, -0.05) is 37.6 Å². The lowest BCUT2D eigenvalue weighted by Gasteiger charge is -2.11. The maximum absolute atomic E-state index is 9.82. The van der Waals surface area contributed by atoms with Crippen LogP contribution in [0.4, 0.5) is 0 Å². The van der Waals surface area contributed by atoms with Gasteiger partial charge < -0.3 is 9.67 Å². The first-order valence-corrected chi connectivity index (χ1v) is 6.53. The average molecular weight is 267 g/mol. The van der Waals surface area contributed by atoms with Gasteiger partial charge in [-0.3, -0.25) is 0 Å². The van der Waals surface area contributed by atoms with Gasteiger partial charge in [-0.05, 0) is 30.5 Å². The number of hydrogen-bond donors (Lipinski definition) is 1. The van der Waals surface area contributed by atoms with Gasteiger partial charge in [0, 0.05) is 17.4 Å². The Labute approximate surface area is 113 Å². The number of rotatable bonds is 4. The molecule has 1 heterocycles. The summed E-state index contributed by atoms with van der Waals surface area (Å²) < 4.78 is 1.69. The van der Waals surface area contributed by atoms with E-state index in [1.807, 2.05) is 38.1 Å². The van der Waals surface area contributed by atoms with Gasteiger partial charge in [-0.25, -0.2) is 4.98 Å². The molecule has 0 aliphatic carbocycles. The van der Waals surface area contributed by atoms with Gasteiger partial charge in [-0.2, -0.15) is 0 Å². The van der Waals surface area contributed by atoms with Crippen LogP contribution in [-0.4, -0.2) is 14.7 Å². The van der Waals surface area contributed by atoms with Crippen molar-refractivity contribution in [1.29, 1.82) is 0 Å². The van der Waals surface area contributed by atoms with Crippen molar-refractivity contribution in [3.63, 3.8) is 0 Å². The Balaban J connectivity index is 0.000000771. The minimum absolute atomic E-state index is 0.516. The van der Waals surface area contributed by atoms with E-state index in [0.717, 1.165) is 11.4 Å². The molecule has 1 aromatic carbocycles. The molecule has 0 amide bonds. The predicted molar refractivity (Wildman–Crippen MR) is 74.6 cm³/mol. The summed E-state index contributed by atoms with van der Waals surface area (Å²) >= 11 is 5.79. The fourth-order valence-corrected chi connectivity index (χ4v) is 1.67. The van der Waals surface area contributed by atoms with Crippen LogP contribution in [0.3, 0.4) is 0 Å². The maximum Gasteiger partial charge on any atom is 0.131 e. The van der Waals surface area contributed by atoms with Crippen molar-refractivity contribution in [2.75, 3.05) is 0 Å². The van der Waals surface area contributed by atoms with Gasteiger partial charge in [0.25, 0.3) is 0 Å². The lowest BCUT2D eigenvalue weighted by molar-refractivity contribution is 0.0947. The molecule has 98 valence electrons. The third-order valence-corrected chi connectivity index (χ3v) is 2.73. The third-order valence-electron chi connectivity index (χ3n) is 2.47. The Kier molecular flexibility index (Phi) is 6.47. The van der Waals surface area contributed by atoms with Gasteiger partial charge in [0.2, 0.25) is 0 Å². The normalized spacial score (nSPS) is 11.6. The lowest BCUT2D eigenvalue weighted by atomic mass is 10.1. The highest BCUT2D eigenvalue weighted by Crippen LogP contribution is 2.14. The number of halogens is 1. The third kappa shape index (κ3) is 4.51. The van der Waals surface area contributed by atoms with Crippen LogP contribution in [0.1, 0.15) is 32.1 Å². The smallest absolute Gasteiger partial charge is 0.131 e. The lowest BCUT2D eigenvalue weighted by Crippen LogP contribution is -2.06. The van der Waals surface area contributed by atoms with Crippen LogP contribution in [0.5, 0.6) is 0 Å². The van der Waals surface area contributed by atoms with Crippen LogP contribution in [-0.2, 0) is 6.42 Å². The summed E-state index contributed by atoms with van der Waals surface area (Å²) in [4.78, 5) is 3.90. The van der Waals surface area contributed by atoms with Gasteiger partial charge in [-0.15, -0.1) is 0 Å². The highest BCUT2D eigenvalue weighted by atomic mass is 35.5. The van der Waals surface area contributed by atoms with E-state index in [9.17, 15) is 5.11 Å². The molecule has 0 spiro atoms. The van der Waals surface area contributed by atoms with E-state index in [1.165, 1.54) is 5.56 Å². The maximum atomic E-state index is 9.82. The van der Waals surface area contributed by atoms with E-state index in [0.29, 0.717) is 6.42 Å². The molecule has 4 heteroatoms. The Morgan fingerprint density at radius 2 is 1.94 bits per heavy atom. The number of imidazole rings is 1. The molecule has 1 aromatic heterocycles. The second-order valence-electron chi connectivity index (χ2n) is 3.66. The van der Waals surface area contributed by atoms with E-state index in [2.05, 4.69) is 4.98 Å². The average Bonchev–Trinajstić information content (AvgIpc) is 2.94. The van der Waals surface area contributed by atoms with Crippen molar-refractivity contribution in [2.24, 2.45) is 0 Å². The molecule has 18 heavy (non-hydrogen) atoms. The highest BCUT2D eigenvalue weighted by molar-refractivity contribution is 6.30. The van der Waals surface area contributed by atoms with Crippen molar-refractivity contribution >= 4 is 11.6 Å². The Hall–Kier alpha value is -1.32. The van der Waals surface area contributed by atoms with Crippen molar-refractivity contribution in [3.05, 3.63) is 53.6 Å². The standard InChI is InChI=1S/C12H13ClN2O.C2H6/c13-11-4-1-10(2-5-11)3-6-12(16)15-8-7-14-9-15;1-2/h1-2,4-5,7-9,12,16H,3,6H2;1-2H3. The molecule has 1 unspecified atom stereocenters. The van der Waals surface area contributed by atoms with Crippen LogP contribution in [0, 0.1) is 0 Å². The topological polar surface area (TPSA) is 38.0 Å². The summed E-state index contributed by atoms with van der Waals surface area (Å²) in [5.74, 6) is 0. The first kappa shape index (κ1) is 14.7. The number of nitrogens with zero attached hydrogens (tertiary/aromatic N) is 2. The van der Waals surface area contributed by atoms with Crippen LogP contribution in [0.2, 0.25) is 5.02 Å². The molecule has 2 aromatic rings. The Morgan fingerprint density at radius 3 is 2.50 bits per heavy atom. The highest BCUT2D eigenvalue weighted by Gasteiger charge is 2.05. The molecule has 0 bridgehead atoms. The fraction of sp³-hybridized carbons (Fsp3) is 0.357. The van der Waals surface area contributed by atoms with Crippen LogP contribution < -0.4 is 0 Å². The van der Waals surface area contributed by atoms with Gasteiger partial charge >= 0.3 is 0 Å². The molecule has 1 atom stereocenters. The summed E-state index contributed by atoms with van der Waals surface area (Å²) in [6.07, 6.45) is 6.00. The molecule has 0 radical (unpaired) electrons. The van der Waals surface area contributed by atoms with Gasteiger partial charge in [0.1, 0.15) is 6.23 Å². The molecular weight excluding hydrogens is 248 g/mol. The van der Waals surface area contributed by atoms with Crippen molar-refractivity contribution < 1.29 is 5.11 Å². The number of hydrogen-bond acceptors (Lipinski definition) is 2. The quantitative estimate of drug-likeness (QED) is 0.917. The van der Waals surface area contributed by atoms with E-state index in [-0.39, 0.29) is 0 Å². The molecule has 1 N–H and O–H groups in total. The van der Waals surface area contributed by atoms with E-state index in [1.54, 1.807) is 23.3 Å². The summed E-state index contributed by atoms with van der Waals surface area (Å²) in [5.41, 5.74) is 1.17. The predicted octanol–water partition coefficient (Wildman–Crippen LogP) is 3.69. The zero-order chi connectivity index (χ0) is 13.4. The van der Waals surface area contributed by atoms with E-state index < -0.39 is 6.23 Å². The van der Waals surface area contributed by atoms with E-state index >= 15 is 0 Å². The summed E-state index contributed by atoms with van der Waals surface area (Å²) in [6, 6.07) is 7.67. The summed E-state index contributed by atoms with van der Waals surface area (Å²) in [5, 5.41) is 10.6. The molecular formula is C14H19ClN2O. The first-order chi connectivity index (χ1) is 8.75. The largest absolute Gasteiger partial charge is 0.373 e. The van der Waals surface area contributed by atoms with Crippen LogP contribution >= 0.6 is 11.6 Å². The van der Waals surface area contributed by atoms with Gasteiger partial charge in [0.15, 0.2) is 0 Å². The van der Waals surface area contributed by atoms with Crippen LogP contribution in [0.15, 0.2) is 43.0 Å². The number of aliphatic hydroxyl groups excluding tert-OH is 1. The second-order valence-corrected chi connectivity index (χ2v) is 4.09. The van der Waals surface area contributed by atoms with Crippen molar-refractivity contribution in [2.45, 2.75) is 32.9 Å². The molecule has 3 nitrogen and oxygen atoms in total. The van der Waals surface area contributed by atoms with Crippen molar-refractivity contribution in [1.82, 2.24) is 9.55 Å². The first-order valence-electron chi connectivity index (χ1n) is 6.15. The zero-order valence-electron chi connectivity index (χ0n) is 10.8. The second kappa shape index (κ2) is 7.90. The summed E-state index contributed by atoms with van der Waals surface area (Å²) in [7, 11) is 0. The van der Waals surface area contributed by atoms with Crippen molar-refractivity contribution in [3.8, 4) is 0 Å². The molecule has 2 rings (SSSR count). The monoisotopic (exact) mass is 266 g/mol. The van der Waals surface area contributed by atoms with E-state index in [4.69, 9.17) is 11.6 Å². The minimum Gasteiger partial charge on any atom is -0.373 e. The Bertz CT molecular complexity index is 426. The molecule has 0 saturated heterocycles.